The summed E-state index contributed by atoms with van der Waals surface area (Å²) in [6, 6.07) is -0.982. The van der Waals surface area contributed by atoms with Crippen molar-refractivity contribution in [3.63, 3.8) is 0 Å². The maximum atomic E-state index is 12.3. The zero-order chi connectivity index (χ0) is 26.9. The first-order valence-corrected chi connectivity index (χ1v) is 14.7. The smallest absolute Gasteiger partial charge is 0.249 e. The Hall–Kier alpha value is -1.21. The molecule has 0 rings (SSSR count). The minimum absolute atomic E-state index is 0.356. The number of hydrogen-bond donors (Lipinski definition) is 5. The van der Waals surface area contributed by atoms with E-state index in [0.29, 0.717) is 12.8 Å². The van der Waals surface area contributed by atoms with Crippen LogP contribution in [0.1, 0.15) is 129 Å². The number of amides is 1. The van der Waals surface area contributed by atoms with E-state index in [4.69, 9.17) is 0 Å². The summed E-state index contributed by atoms with van der Waals surface area (Å²) in [7, 11) is 0. The van der Waals surface area contributed by atoms with Crippen LogP contribution in [-0.4, -0.2) is 57.3 Å². The maximum absolute atomic E-state index is 12.3. The second-order valence-corrected chi connectivity index (χ2v) is 10.1. The molecule has 0 aromatic heterocycles. The lowest BCUT2D eigenvalue weighted by Crippen LogP contribution is -2.53. The van der Waals surface area contributed by atoms with E-state index >= 15 is 0 Å². The van der Waals surface area contributed by atoms with E-state index in [9.17, 15) is 25.2 Å². The van der Waals surface area contributed by atoms with Crippen molar-refractivity contribution in [3.8, 4) is 0 Å². The Morgan fingerprint density at radius 1 is 0.694 bits per heavy atom. The monoisotopic (exact) mass is 511 g/mol. The molecule has 5 N–H and O–H groups in total. The molecule has 0 spiro atoms. The van der Waals surface area contributed by atoms with Crippen LogP contribution in [0, 0.1) is 0 Å². The van der Waals surface area contributed by atoms with Crippen LogP contribution >= 0.6 is 0 Å². The van der Waals surface area contributed by atoms with Crippen LogP contribution in [0.2, 0.25) is 0 Å². The van der Waals surface area contributed by atoms with Crippen molar-refractivity contribution in [2.45, 2.75) is 154 Å². The average molecular weight is 512 g/mol. The molecule has 1 amide bonds. The Labute approximate surface area is 221 Å². The standard InChI is InChI=1S/C30H57NO5/c1-3-5-7-9-10-11-12-13-14-15-16-17-18-19-20-22-24-28(34)30(36)31-26(25-32)29(35)27(33)23-21-8-6-4-2/h10-11,13-14,26-29,32-35H,3-9,12,15-25H2,1-2H3,(H,31,36)/b11-10-,14-13-. The molecule has 0 fully saturated rings. The van der Waals surface area contributed by atoms with Crippen LogP contribution in [0.15, 0.2) is 24.3 Å². The number of carbonyl (C=O) groups is 1. The van der Waals surface area contributed by atoms with Crippen molar-refractivity contribution >= 4 is 5.91 Å². The van der Waals surface area contributed by atoms with Crippen molar-refractivity contribution in [2.75, 3.05) is 6.61 Å². The minimum Gasteiger partial charge on any atom is -0.394 e. The molecule has 0 saturated heterocycles. The largest absolute Gasteiger partial charge is 0.394 e. The van der Waals surface area contributed by atoms with Gasteiger partial charge >= 0.3 is 0 Å². The number of aliphatic hydroxyl groups is 4. The lowest BCUT2D eigenvalue weighted by molar-refractivity contribution is -0.132. The van der Waals surface area contributed by atoms with Gasteiger partial charge in [0.15, 0.2) is 0 Å². The summed E-state index contributed by atoms with van der Waals surface area (Å²) < 4.78 is 0. The zero-order valence-electron chi connectivity index (χ0n) is 23.3. The molecule has 0 aromatic carbocycles. The number of nitrogens with one attached hydrogen (secondary N) is 1. The van der Waals surface area contributed by atoms with Gasteiger partial charge in [0.2, 0.25) is 5.91 Å². The summed E-state index contributed by atoms with van der Waals surface area (Å²) >= 11 is 0. The minimum atomic E-state index is -1.25. The van der Waals surface area contributed by atoms with Gasteiger partial charge in [-0.2, -0.15) is 0 Å². The van der Waals surface area contributed by atoms with Crippen LogP contribution in [-0.2, 0) is 4.79 Å². The van der Waals surface area contributed by atoms with Gasteiger partial charge in [0.1, 0.15) is 12.2 Å². The van der Waals surface area contributed by atoms with Crippen LogP contribution in [0.5, 0.6) is 0 Å². The fourth-order valence-corrected chi connectivity index (χ4v) is 4.19. The quantitative estimate of drug-likeness (QED) is 0.0795. The van der Waals surface area contributed by atoms with Crippen molar-refractivity contribution in [1.82, 2.24) is 5.32 Å². The van der Waals surface area contributed by atoms with Gasteiger partial charge in [0.05, 0.1) is 18.8 Å². The third-order valence-corrected chi connectivity index (χ3v) is 6.67. The first-order valence-electron chi connectivity index (χ1n) is 14.7. The summed E-state index contributed by atoms with van der Waals surface area (Å²) in [4.78, 5) is 12.3. The highest BCUT2D eigenvalue weighted by molar-refractivity contribution is 5.80. The topological polar surface area (TPSA) is 110 Å². The van der Waals surface area contributed by atoms with Gasteiger partial charge in [0, 0.05) is 0 Å². The number of allylic oxidation sites excluding steroid dienone is 4. The number of hydrogen-bond acceptors (Lipinski definition) is 5. The number of unbranched alkanes of at least 4 members (excludes halogenated alkanes) is 12. The summed E-state index contributed by atoms with van der Waals surface area (Å²) in [5.41, 5.74) is 0. The fraction of sp³-hybridized carbons (Fsp3) is 0.833. The summed E-state index contributed by atoms with van der Waals surface area (Å²) in [5.74, 6) is -0.603. The van der Waals surface area contributed by atoms with Crippen LogP contribution in [0.25, 0.3) is 0 Å². The van der Waals surface area contributed by atoms with Crippen LogP contribution in [0.4, 0.5) is 0 Å². The van der Waals surface area contributed by atoms with E-state index < -0.39 is 36.9 Å². The SMILES string of the molecule is CCCCC/C=C\C/C=C\CCCCCCCCC(O)C(=O)NC(CO)C(O)C(O)CCCCCC. The number of aliphatic hydroxyl groups excluding tert-OH is 4. The molecule has 0 aliphatic heterocycles. The van der Waals surface area contributed by atoms with Gasteiger partial charge < -0.3 is 25.7 Å². The fourth-order valence-electron chi connectivity index (χ4n) is 4.19. The molecule has 0 radical (unpaired) electrons. The lowest BCUT2D eigenvalue weighted by Gasteiger charge is -2.27. The Morgan fingerprint density at radius 2 is 1.19 bits per heavy atom. The summed E-state index contributed by atoms with van der Waals surface area (Å²) in [6.45, 7) is 3.84. The van der Waals surface area contributed by atoms with Crippen LogP contribution in [0.3, 0.4) is 0 Å². The van der Waals surface area contributed by atoms with E-state index in [2.05, 4.69) is 43.5 Å². The van der Waals surface area contributed by atoms with Gasteiger partial charge in [-0.3, -0.25) is 4.79 Å². The van der Waals surface area contributed by atoms with Gasteiger partial charge in [-0.1, -0.05) is 109 Å². The van der Waals surface area contributed by atoms with Crippen molar-refractivity contribution in [1.29, 1.82) is 0 Å². The Morgan fingerprint density at radius 3 is 1.81 bits per heavy atom. The van der Waals surface area contributed by atoms with Crippen LogP contribution < -0.4 is 5.32 Å². The highest BCUT2D eigenvalue weighted by atomic mass is 16.3. The normalized spacial score (nSPS) is 15.4. The molecule has 212 valence electrons. The number of carbonyl (C=O) groups excluding carboxylic acids is 1. The van der Waals surface area contributed by atoms with Gasteiger partial charge in [-0.25, -0.2) is 0 Å². The van der Waals surface area contributed by atoms with Crippen molar-refractivity contribution in [3.05, 3.63) is 24.3 Å². The van der Waals surface area contributed by atoms with Gasteiger partial charge in [-0.05, 0) is 44.9 Å². The molecular weight excluding hydrogens is 454 g/mol. The molecule has 0 aliphatic rings. The molecule has 0 aliphatic carbocycles. The molecule has 6 heteroatoms. The Kier molecular flexibility index (Phi) is 24.6. The zero-order valence-corrected chi connectivity index (χ0v) is 23.3. The van der Waals surface area contributed by atoms with Gasteiger partial charge in [-0.15, -0.1) is 0 Å². The predicted molar refractivity (Wildman–Crippen MR) is 150 cm³/mol. The van der Waals surface area contributed by atoms with Crippen molar-refractivity contribution < 1.29 is 25.2 Å². The molecular formula is C30H57NO5. The molecule has 4 unspecified atom stereocenters. The molecule has 4 atom stereocenters. The van der Waals surface area contributed by atoms with E-state index in [0.717, 1.165) is 64.2 Å². The number of rotatable bonds is 25. The van der Waals surface area contributed by atoms with Crippen molar-refractivity contribution in [2.24, 2.45) is 0 Å². The summed E-state index contributed by atoms with van der Waals surface area (Å²) in [5, 5.41) is 42.6. The van der Waals surface area contributed by atoms with E-state index in [1.807, 2.05) is 0 Å². The first-order chi connectivity index (χ1) is 17.5. The molecule has 0 heterocycles. The second kappa shape index (κ2) is 25.4. The Balaban J connectivity index is 3.84. The van der Waals surface area contributed by atoms with E-state index in [1.54, 1.807) is 0 Å². The molecule has 36 heavy (non-hydrogen) atoms. The third-order valence-electron chi connectivity index (χ3n) is 6.67. The summed E-state index contributed by atoms with van der Waals surface area (Å²) in [6.07, 6.45) is 23.9. The highest BCUT2D eigenvalue weighted by Crippen LogP contribution is 2.13. The second-order valence-electron chi connectivity index (χ2n) is 10.1. The predicted octanol–water partition coefficient (Wildman–Crippen LogP) is 5.72. The molecule has 0 aromatic rings. The highest BCUT2D eigenvalue weighted by Gasteiger charge is 2.28. The maximum Gasteiger partial charge on any atom is 0.249 e. The molecule has 0 bridgehead atoms. The third kappa shape index (κ3) is 19.9. The first kappa shape index (κ1) is 34.8. The Bertz CT molecular complexity index is 551. The van der Waals surface area contributed by atoms with E-state index in [-0.39, 0.29) is 0 Å². The van der Waals surface area contributed by atoms with E-state index in [1.165, 1.54) is 38.5 Å². The molecule has 6 nitrogen and oxygen atoms in total. The lowest BCUT2D eigenvalue weighted by atomic mass is 9.99. The average Bonchev–Trinajstić information content (AvgIpc) is 2.88. The van der Waals surface area contributed by atoms with Gasteiger partial charge in [0.25, 0.3) is 0 Å². The molecule has 0 saturated carbocycles.